The molecule has 8 nitrogen and oxygen atoms in total. The van der Waals surface area contributed by atoms with Gasteiger partial charge < -0.3 is 25.7 Å². The lowest BCUT2D eigenvalue weighted by molar-refractivity contribution is 0.278. The van der Waals surface area contributed by atoms with Gasteiger partial charge in [-0.3, -0.25) is 4.98 Å². The second kappa shape index (κ2) is 10.3. The number of aliphatic hydroxyl groups excluding tert-OH is 1. The van der Waals surface area contributed by atoms with E-state index in [9.17, 15) is 10.2 Å². The fraction of sp³-hybridized carbons (Fsp3) is 0.480. The van der Waals surface area contributed by atoms with Gasteiger partial charge in [-0.25, -0.2) is 4.98 Å². The van der Waals surface area contributed by atoms with E-state index in [1.54, 1.807) is 13.1 Å². The monoisotopic (exact) mass is 450 g/mol. The number of hydrogen-bond acceptors (Lipinski definition) is 8. The zero-order chi connectivity index (χ0) is 23.4. The predicted octanol–water partition coefficient (Wildman–Crippen LogP) is 3.36. The van der Waals surface area contributed by atoms with Crippen LogP contribution in [0.2, 0.25) is 0 Å². The van der Waals surface area contributed by atoms with Crippen LogP contribution in [-0.4, -0.2) is 51.8 Å². The first-order chi connectivity index (χ1) is 16.0. The van der Waals surface area contributed by atoms with Crippen molar-refractivity contribution in [2.24, 2.45) is 5.92 Å². The zero-order valence-corrected chi connectivity index (χ0v) is 19.7. The van der Waals surface area contributed by atoms with Crippen LogP contribution in [0.1, 0.15) is 42.5 Å². The summed E-state index contributed by atoms with van der Waals surface area (Å²) in [6, 6.07) is 8.48. The molecule has 0 saturated heterocycles. The lowest BCUT2D eigenvalue weighted by Crippen LogP contribution is -2.32. The molecule has 0 aliphatic heterocycles. The quantitative estimate of drug-likeness (QED) is 0.414. The lowest BCUT2D eigenvalue weighted by atomic mass is 9.86. The van der Waals surface area contributed by atoms with Crippen molar-refractivity contribution in [3.05, 3.63) is 47.3 Å². The number of fused-ring (bicyclic) bond motifs is 1. The number of rotatable bonds is 8. The van der Waals surface area contributed by atoms with Crippen LogP contribution < -0.4 is 15.5 Å². The normalized spacial score (nSPS) is 18.4. The number of aliphatic hydroxyl groups is 1. The standard InChI is InChI=1S/C25H34N6O2/c1-16-23(33)21(18(15-32)13-27-16)14-26-12-17-8-10-19(11-9-17)28-25-29-22-7-5-4-6-20(22)24(30-25)31(2)3/h4-7,13,17,19,26,32-33H,8-12,14-15H2,1-3H3,(H,28,29,30). The van der Waals surface area contributed by atoms with Crippen LogP contribution in [-0.2, 0) is 13.2 Å². The molecule has 1 saturated carbocycles. The van der Waals surface area contributed by atoms with Gasteiger partial charge in [-0.15, -0.1) is 0 Å². The average molecular weight is 451 g/mol. The van der Waals surface area contributed by atoms with Gasteiger partial charge in [-0.1, -0.05) is 12.1 Å². The molecule has 0 spiro atoms. The average Bonchev–Trinajstić information content (AvgIpc) is 2.82. The van der Waals surface area contributed by atoms with Gasteiger partial charge in [-0.05, 0) is 57.2 Å². The summed E-state index contributed by atoms with van der Waals surface area (Å²) in [5, 5.41) is 27.9. The lowest BCUT2D eigenvalue weighted by Gasteiger charge is -2.29. The van der Waals surface area contributed by atoms with Gasteiger partial charge >= 0.3 is 0 Å². The molecule has 0 amide bonds. The van der Waals surface area contributed by atoms with E-state index in [0.29, 0.717) is 35.7 Å². The summed E-state index contributed by atoms with van der Waals surface area (Å²) in [6.45, 7) is 3.06. The van der Waals surface area contributed by atoms with Crippen molar-refractivity contribution in [2.75, 3.05) is 30.9 Å². The second-order valence-electron chi connectivity index (χ2n) is 9.13. The molecule has 0 atom stereocenters. The largest absolute Gasteiger partial charge is 0.506 e. The zero-order valence-electron chi connectivity index (χ0n) is 19.7. The summed E-state index contributed by atoms with van der Waals surface area (Å²) in [4.78, 5) is 15.7. The van der Waals surface area contributed by atoms with E-state index in [0.717, 1.165) is 54.5 Å². The molecule has 1 aromatic carbocycles. The molecule has 0 radical (unpaired) electrons. The minimum atomic E-state index is -0.124. The Kier molecular flexibility index (Phi) is 7.25. The molecular weight excluding hydrogens is 416 g/mol. The van der Waals surface area contributed by atoms with Crippen molar-refractivity contribution >= 4 is 22.7 Å². The number of nitrogens with zero attached hydrogens (tertiary/aromatic N) is 4. The highest BCUT2D eigenvalue weighted by molar-refractivity contribution is 5.90. The van der Waals surface area contributed by atoms with Crippen LogP contribution in [0.4, 0.5) is 11.8 Å². The molecule has 33 heavy (non-hydrogen) atoms. The Morgan fingerprint density at radius 2 is 1.85 bits per heavy atom. The second-order valence-corrected chi connectivity index (χ2v) is 9.13. The first-order valence-corrected chi connectivity index (χ1v) is 11.6. The highest BCUT2D eigenvalue weighted by atomic mass is 16.3. The maximum Gasteiger partial charge on any atom is 0.225 e. The van der Waals surface area contributed by atoms with Crippen molar-refractivity contribution in [2.45, 2.75) is 51.8 Å². The molecule has 1 aliphatic rings. The Morgan fingerprint density at radius 1 is 1.09 bits per heavy atom. The minimum Gasteiger partial charge on any atom is -0.506 e. The van der Waals surface area contributed by atoms with Gasteiger partial charge in [0.1, 0.15) is 11.6 Å². The van der Waals surface area contributed by atoms with Gasteiger partial charge in [-0.2, -0.15) is 4.98 Å². The summed E-state index contributed by atoms with van der Waals surface area (Å²) in [5.41, 5.74) is 2.95. The van der Waals surface area contributed by atoms with Crippen molar-refractivity contribution in [3.63, 3.8) is 0 Å². The Morgan fingerprint density at radius 3 is 2.58 bits per heavy atom. The van der Waals surface area contributed by atoms with Crippen LogP contribution in [0.3, 0.4) is 0 Å². The molecule has 0 unspecified atom stereocenters. The predicted molar refractivity (Wildman–Crippen MR) is 132 cm³/mol. The molecule has 1 fully saturated rings. The SMILES string of the molecule is Cc1ncc(CO)c(CNCC2CCC(Nc3nc(N(C)C)c4ccccc4n3)CC2)c1O. The fourth-order valence-corrected chi connectivity index (χ4v) is 4.58. The number of pyridine rings is 1. The molecule has 2 heterocycles. The molecule has 0 bridgehead atoms. The number of aromatic hydroxyl groups is 1. The summed E-state index contributed by atoms with van der Waals surface area (Å²) < 4.78 is 0. The first-order valence-electron chi connectivity index (χ1n) is 11.6. The van der Waals surface area contributed by atoms with E-state index >= 15 is 0 Å². The third-order valence-electron chi connectivity index (χ3n) is 6.52. The summed E-state index contributed by atoms with van der Waals surface area (Å²) in [7, 11) is 4.01. The Labute approximate surface area is 195 Å². The van der Waals surface area contributed by atoms with Crippen LogP contribution in [0.15, 0.2) is 30.5 Å². The molecule has 176 valence electrons. The summed E-state index contributed by atoms with van der Waals surface area (Å²) >= 11 is 0. The molecule has 1 aliphatic carbocycles. The maximum atomic E-state index is 10.3. The number of anilines is 2. The van der Waals surface area contributed by atoms with E-state index in [4.69, 9.17) is 9.97 Å². The molecular formula is C25H34N6O2. The van der Waals surface area contributed by atoms with Crippen molar-refractivity contribution < 1.29 is 10.2 Å². The van der Waals surface area contributed by atoms with E-state index in [1.165, 1.54) is 0 Å². The summed E-state index contributed by atoms with van der Waals surface area (Å²) in [6.07, 6.45) is 6.02. The van der Waals surface area contributed by atoms with Gasteiger partial charge in [0.25, 0.3) is 0 Å². The Bertz CT molecular complexity index is 1100. The van der Waals surface area contributed by atoms with Gasteiger partial charge in [0.15, 0.2) is 0 Å². The highest BCUT2D eigenvalue weighted by Crippen LogP contribution is 2.29. The van der Waals surface area contributed by atoms with E-state index in [2.05, 4.69) is 21.7 Å². The van der Waals surface area contributed by atoms with Crippen molar-refractivity contribution in [1.29, 1.82) is 0 Å². The molecule has 2 aromatic heterocycles. The van der Waals surface area contributed by atoms with E-state index in [-0.39, 0.29) is 12.4 Å². The highest BCUT2D eigenvalue weighted by Gasteiger charge is 2.22. The van der Waals surface area contributed by atoms with Gasteiger partial charge in [0.05, 0.1) is 17.8 Å². The fourth-order valence-electron chi connectivity index (χ4n) is 4.58. The minimum absolute atomic E-state index is 0.124. The number of nitrogens with one attached hydrogen (secondary N) is 2. The first kappa shape index (κ1) is 23.2. The number of para-hydroxylation sites is 1. The third-order valence-corrected chi connectivity index (χ3v) is 6.52. The van der Waals surface area contributed by atoms with Crippen LogP contribution in [0.5, 0.6) is 5.75 Å². The van der Waals surface area contributed by atoms with E-state index < -0.39 is 0 Å². The molecule has 4 rings (SSSR count). The Hall–Kier alpha value is -2.97. The number of hydrogen-bond donors (Lipinski definition) is 4. The maximum absolute atomic E-state index is 10.3. The van der Waals surface area contributed by atoms with Gasteiger partial charge in [0.2, 0.25) is 5.95 Å². The van der Waals surface area contributed by atoms with Crippen LogP contribution >= 0.6 is 0 Å². The molecule has 4 N–H and O–H groups in total. The smallest absolute Gasteiger partial charge is 0.225 e. The number of aromatic nitrogens is 3. The third kappa shape index (κ3) is 5.34. The van der Waals surface area contributed by atoms with E-state index in [1.807, 2.05) is 37.2 Å². The molecule has 8 heteroatoms. The van der Waals surface area contributed by atoms with Crippen LogP contribution in [0, 0.1) is 12.8 Å². The van der Waals surface area contributed by atoms with Gasteiger partial charge in [0, 0.05) is 49.4 Å². The van der Waals surface area contributed by atoms with Crippen molar-refractivity contribution in [3.8, 4) is 5.75 Å². The van der Waals surface area contributed by atoms with Crippen molar-refractivity contribution in [1.82, 2.24) is 20.3 Å². The Balaban J connectivity index is 1.31. The number of aryl methyl sites for hydroxylation is 1. The topological polar surface area (TPSA) is 106 Å². The number of benzene rings is 1. The summed E-state index contributed by atoms with van der Waals surface area (Å²) in [5.74, 6) is 2.38. The van der Waals surface area contributed by atoms with Crippen LogP contribution in [0.25, 0.3) is 10.9 Å². The molecule has 3 aromatic rings.